The third-order valence-electron chi connectivity index (χ3n) is 4.11. The van der Waals surface area contributed by atoms with E-state index in [1.165, 1.54) is 23.5 Å². The lowest BCUT2D eigenvalue weighted by Gasteiger charge is -2.17. The fourth-order valence-corrected chi connectivity index (χ4v) is 3.45. The van der Waals surface area contributed by atoms with E-state index in [9.17, 15) is 9.18 Å². The Morgan fingerprint density at radius 2 is 1.86 bits per heavy atom. The van der Waals surface area contributed by atoms with Crippen LogP contribution in [0, 0.1) is 5.82 Å². The number of halogens is 1. The lowest BCUT2D eigenvalue weighted by atomic mass is 10.2. The van der Waals surface area contributed by atoms with E-state index < -0.39 is 0 Å². The number of likely N-dealkylation sites (N-methyl/N-ethyl adjacent to an activating group) is 1. The molecule has 0 saturated carbocycles. The third-order valence-corrected chi connectivity index (χ3v) is 5.24. The molecule has 5 nitrogen and oxygen atoms in total. The molecule has 7 heteroatoms. The Labute approximate surface area is 166 Å². The molecule has 2 aromatic carbocycles. The molecule has 0 saturated heterocycles. The van der Waals surface area contributed by atoms with Crippen LogP contribution in [0.1, 0.15) is 15.2 Å². The van der Waals surface area contributed by atoms with Crippen molar-refractivity contribution < 1.29 is 14.3 Å². The van der Waals surface area contributed by atoms with Gasteiger partial charge in [0.15, 0.2) is 0 Å². The highest BCUT2D eigenvalue weighted by atomic mass is 32.1. The highest BCUT2D eigenvalue weighted by molar-refractivity contribution is 7.17. The molecule has 3 aromatic rings. The van der Waals surface area contributed by atoms with Gasteiger partial charge in [0.2, 0.25) is 0 Å². The topological polar surface area (TPSA) is 64.9 Å². The number of nitrogens with one attached hydrogen (secondary N) is 1. The number of rotatable bonds is 7. The summed E-state index contributed by atoms with van der Waals surface area (Å²) in [6.07, 6.45) is 1.57. The first-order valence-corrected chi connectivity index (χ1v) is 9.50. The first-order chi connectivity index (χ1) is 13.6. The SMILES string of the molecule is CN(CCO)c1ccc(/C=N\NC(=O)c2ccc(-c3ccc(F)cc3)s2)cc1. The number of aliphatic hydroxyl groups excluding tert-OH is 1. The molecular weight excluding hydrogens is 377 g/mol. The van der Waals surface area contributed by atoms with E-state index in [-0.39, 0.29) is 18.3 Å². The highest BCUT2D eigenvalue weighted by Gasteiger charge is 2.09. The average molecular weight is 397 g/mol. The summed E-state index contributed by atoms with van der Waals surface area (Å²) in [6.45, 7) is 0.654. The van der Waals surface area contributed by atoms with E-state index in [1.54, 1.807) is 24.4 Å². The van der Waals surface area contributed by atoms with Crippen LogP contribution in [-0.2, 0) is 0 Å². The number of hydrogen-bond donors (Lipinski definition) is 2. The van der Waals surface area contributed by atoms with Crippen LogP contribution in [0.25, 0.3) is 10.4 Å². The van der Waals surface area contributed by atoms with Crippen molar-refractivity contribution in [3.05, 3.63) is 76.9 Å². The van der Waals surface area contributed by atoms with E-state index >= 15 is 0 Å². The van der Waals surface area contributed by atoms with Gasteiger partial charge in [-0.3, -0.25) is 4.79 Å². The molecule has 0 aliphatic rings. The second kappa shape index (κ2) is 9.25. The van der Waals surface area contributed by atoms with Crippen molar-refractivity contribution in [3.8, 4) is 10.4 Å². The molecule has 28 heavy (non-hydrogen) atoms. The Balaban J connectivity index is 1.59. The molecule has 0 unspecified atom stereocenters. The summed E-state index contributed by atoms with van der Waals surface area (Å²) in [6, 6.07) is 17.3. The zero-order valence-electron chi connectivity index (χ0n) is 15.3. The van der Waals surface area contributed by atoms with Crippen LogP contribution in [0.4, 0.5) is 10.1 Å². The van der Waals surface area contributed by atoms with Crippen molar-refractivity contribution in [1.82, 2.24) is 5.43 Å². The maximum atomic E-state index is 13.0. The number of anilines is 1. The van der Waals surface area contributed by atoms with Crippen LogP contribution in [0.15, 0.2) is 65.8 Å². The van der Waals surface area contributed by atoms with Crippen molar-refractivity contribution in [1.29, 1.82) is 0 Å². The second-order valence-electron chi connectivity index (χ2n) is 6.11. The molecule has 1 heterocycles. The van der Waals surface area contributed by atoms with Crippen molar-refractivity contribution in [2.45, 2.75) is 0 Å². The van der Waals surface area contributed by atoms with Crippen molar-refractivity contribution in [3.63, 3.8) is 0 Å². The fourth-order valence-electron chi connectivity index (χ4n) is 2.54. The van der Waals surface area contributed by atoms with Crippen LogP contribution < -0.4 is 10.3 Å². The van der Waals surface area contributed by atoms with Crippen LogP contribution in [0.2, 0.25) is 0 Å². The summed E-state index contributed by atoms with van der Waals surface area (Å²) in [7, 11) is 1.90. The molecular formula is C21H20FN3O2S. The van der Waals surface area contributed by atoms with Gasteiger partial charge >= 0.3 is 0 Å². The Morgan fingerprint density at radius 1 is 1.14 bits per heavy atom. The van der Waals surface area contributed by atoms with E-state index in [0.717, 1.165) is 21.7 Å². The first kappa shape index (κ1) is 19.7. The summed E-state index contributed by atoms with van der Waals surface area (Å²) in [5.41, 5.74) is 5.21. The maximum absolute atomic E-state index is 13.0. The van der Waals surface area contributed by atoms with Gasteiger partial charge in [-0.1, -0.05) is 24.3 Å². The van der Waals surface area contributed by atoms with Gasteiger partial charge in [0.25, 0.3) is 5.91 Å². The van der Waals surface area contributed by atoms with Crippen molar-refractivity contribution in [2.75, 3.05) is 25.1 Å². The zero-order chi connectivity index (χ0) is 19.9. The van der Waals surface area contributed by atoms with Crippen LogP contribution in [0.5, 0.6) is 0 Å². The molecule has 3 rings (SSSR count). The van der Waals surface area contributed by atoms with Gasteiger partial charge in [-0.15, -0.1) is 11.3 Å². The number of amides is 1. The number of carbonyl (C=O) groups is 1. The lowest BCUT2D eigenvalue weighted by molar-refractivity contribution is 0.0959. The maximum Gasteiger partial charge on any atom is 0.281 e. The zero-order valence-corrected chi connectivity index (χ0v) is 16.1. The van der Waals surface area contributed by atoms with Crippen LogP contribution >= 0.6 is 11.3 Å². The average Bonchev–Trinajstić information content (AvgIpc) is 3.19. The summed E-state index contributed by atoms with van der Waals surface area (Å²) in [4.78, 5) is 15.6. The molecule has 0 radical (unpaired) electrons. The minimum Gasteiger partial charge on any atom is -0.395 e. The third kappa shape index (κ3) is 5.03. The van der Waals surface area contributed by atoms with Crippen molar-refractivity contribution in [2.24, 2.45) is 5.10 Å². The number of hydrazone groups is 1. The van der Waals surface area contributed by atoms with Gasteiger partial charge in [0.05, 0.1) is 17.7 Å². The molecule has 0 fully saturated rings. The highest BCUT2D eigenvalue weighted by Crippen LogP contribution is 2.28. The Bertz CT molecular complexity index is 953. The molecule has 144 valence electrons. The minimum atomic E-state index is -0.297. The van der Waals surface area contributed by atoms with Gasteiger partial charge < -0.3 is 10.0 Å². The van der Waals surface area contributed by atoms with E-state index in [4.69, 9.17) is 5.11 Å². The molecule has 0 aliphatic carbocycles. The summed E-state index contributed by atoms with van der Waals surface area (Å²) >= 11 is 1.32. The summed E-state index contributed by atoms with van der Waals surface area (Å²) < 4.78 is 13.0. The predicted molar refractivity (Wildman–Crippen MR) is 112 cm³/mol. The second-order valence-corrected chi connectivity index (χ2v) is 7.19. The van der Waals surface area contributed by atoms with Gasteiger partial charge in [0.1, 0.15) is 5.82 Å². The van der Waals surface area contributed by atoms with Gasteiger partial charge in [-0.05, 0) is 47.5 Å². The first-order valence-electron chi connectivity index (χ1n) is 8.68. The van der Waals surface area contributed by atoms with Gasteiger partial charge in [0, 0.05) is 24.2 Å². The molecule has 0 aliphatic heterocycles. The van der Waals surface area contributed by atoms with E-state index in [1.807, 2.05) is 42.3 Å². The Morgan fingerprint density at radius 3 is 2.54 bits per heavy atom. The molecule has 0 atom stereocenters. The predicted octanol–water partition coefficient (Wildman–Crippen LogP) is 3.75. The van der Waals surface area contributed by atoms with Crippen LogP contribution in [-0.4, -0.2) is 37.4 Å². The van der Waals surface area contributed by atoms with Gasteiger partial charge in [-0.2, -0.15) is 5.10 Å². The van der Waals surface area contributed by atoms with Gasteiger partial charge in [-0.25, -0.2) is 9.82 Å². The number of aliphatic hydroxyl groups is 1. The molecule has 2 N–H and O–H groups in total. The largest absolute Gasteiger partial charge is 0.395 e. The molecule has 0 bridgehead atoms. The minimum absolute atomic E-state index is 0.0946. The van der Waals surface area contributed by atoms with E-state index in [0.29, 0.717) is 11.4 Å². The smallest absolute Gasteiger partial charge is 0.281 e. The number of carbonyl (C=O) groups excluding carboxylic acids is 1. The number of hydrogen-bond acceptors (Lipinski definition) is 5. The Hall–Kier alpha value is -3.03. The summed E-state index contributed by atoms with van der Waals surface area (Å²) in [5.74, 6) is -0.588. The van der Waals surface area contributed by atoms with E-state index in [2.05, 4.69) is 10.5 Å². The lowest BCUT2D eigenvalue weighted by Crippen LogP contribution is -2.20. The standard InChI is InChI=1S/C21H20FN3O2S/c1-25(12-13-26)18-8-2-15(3-9-18)14-23-24-21(27)20-11-10-19(28-20)16-4-6-17(22)7-5-16/h2-11,14,26H,12-13H2,1H3,(H,24,27)/b23-14-. The Kier molecular flexibility index (Phi) is 6.52. The molecule has 1 amide bonds. The number of nitrogens with zero attached hydrogens (tertiary/aromatic N) is 2. The molecule has 0 spiro atoms. The number of thiophene rings is 1. The quantitative estimate of drug-likeness (QED) is 0.471. The fraction of sp³-hybridized carbons (Fsp3) is 0.143. The van der Waals surface area contributed by atoms with Crippen LogP contribution in [0.3, 0.4) is 0 Å². The normalized spacial score (nSPS) is 11.0. The molecule has 1 aromatic heterocycles. The monoisotopic (exact) mass is 397 g/mol. The van der Waals surface area contributed by atoms with Crippen molar-refractivity contribution >= 4 is 29.1 Å². The summed E-state index contributed by atoms with van der Waals surface area (Å²) in [5, 5.41) is 13.0. The number of benzene rings is 2.